The normalized spacial score (nSPS) is 19.4. The number of fused-ring (bicyclic) bond motifs is 2. The van der Waals surface area contributed by atoms with Crippen molar-refractivity contribution in [2.45, 2.75) is 31.0 Å². The summed E-state index contributed by atoms with van der Waals surface area (Å²) in [5.41, 5.74) is 7.44. The van der Waals surface area contributed by atoms with Gasteiger partial charge in [0.15, 0.2) is 0 Å². The second-order valence-corrected chi connectivity index (χ2v) is 10.7. The number of nitrogens with one attached hydrogen (secondary N) is 1. The van der Waals surface area contributed by atoms with E-state index in [-0.39, 0.29) is 48.2 Å². The maximum Gasteiger partial charge on any atom is 0.416 e. The summed E-state index contributed by atoms with van der Waals surface area (Å²) in [6.45, 7) is 2.01. The highest BCUT2D eigenvalue weighted by atomic mass is 19.4. The van der Waals surface area contributed by atoms with Gasteiger partial charge in [0.2, 0.25) is 5.91 Å². The van der Waals surface area contributed by atoms with Gasteiger partial charge in [-0.2, -0.15) is 13.2 Å². The predicted octanol–water partition coefficient (Wildman–Crippen LogP) is 3.03. The molecule has 14 heteroatoms. The van der Waals surface area contributed by atoms with Crippen molar-refractivity contribution in [3.05, 3.63) is 71.9 Å². The molecule has 43 heavy (non-hydrogen) atoms. The van der Waals surface area contributed by atoms with Gasteiger partial charge in [0.1, 0.15) is 28.7 Å². The van der Waals surface area contributed by atoms with Gasteiger partial charge in [0.25, 0.3) is 5.91 Å². The number of carbonyl (C=O) groups excluding carboxylic acids is 2. The summed E-state index contributed by atoms with van der Waals surface area (Å²) in [4.78, 5) is 42.7. The number of anilines is 2. The van der Waals surface area contributed by atoms with Crippen molar-refractivity contribution < 1.29 is 27.9 Å². The molecule has 2 saturated heterocycles. The van der Waals surface area contributed by atoms with Crippen LogP contribution in [0.15, 0.2) is 55.0 Å². The molecule has 11 nitrogen and oxygen atoms in total. The van der Waals surface area contributed by atoms with Gasteiger partial charge >= 0.3 is 6.18 Å². The first-order valence-electron chi connectivity index (χ1n) is 13.8. The molecule has 4 N–H and O–H groups in total. The molecule has 6 rings (SSSR count). The maximum atomic E-state index is 13.0. The lowest BCUT2D eigenvalue weighted by molar-refractivity contribution is -0.142. The van der Waals surface area contributed by atoms with E-state index < -0.39 is 17.6 Å². The quantitative estimate of drug-likeness (QED) is 0.309. The van der Waals surface area contributed by atoms with Crippen LogP contribution in [-0.4, -0.2) is 84.9 Å². The lowest BCUT2D eigenvalue weighted by atomic mass is 9.90. The number of β-amino-alcohol motifs (C(OH)–C–C–N with tert-alkyl or cyclic N) is 1. The summed E-state index contributed by atoms with van der Waals surface area (Å²) < 4.78 is 41.0. The van der Waals surface area contributed by atoms with Crippen LogP contribution in [0.2, 0.25) is 0 Å². The Morgan fingerprint density at radius 1 is 1.09 bits per heavy atom. The Bertz CT molecular complexity index is 1670. The van der Waals surface area contributed by atoms with Crippen LogP contribution < -0.4 is 11.1 Å². The van der Waals surface area contributed by atoms with Crippen molar-refractivity contribution in [1.29, 1.82) is 0 Å². The first-order chi connectivity index (χ1) is 20.6. The minimum atomic E-state index is -4.56. The zero-order valence-electron chi connectivity index (χ0n) is 23.0. The number of piperazine rings is 1. The minimum Gasteiger partial charge on any atom is -0.395 e. The number of aliphatic hydroxyl groups excluding tert-OH is 1. The van der Waals surface area contributed by atoms with Crippen LogP contribution in [0.3, 0.4) is 0 Å². The third-order valence-corrected chi connectivity index (χ3v) is 8.00. The average molecular weight is 595 g/mol. The van der Waals surface area contributed by atoms with Crippen LogP contribution in [0.25, 0.3) is 16.8 Å². The van der Waals surface area contributed by atoms with Crippen molar-refractivity contribution >= 4 is 29.0 Å². The Kier molecular flexibility index (Phi) is 7.48. The molecule has 2 amide bonds. The number of aliphatic hydroxyl groups is 1. The average Bonchev–Trinajstić information content (AvgIpc) is 3.38. The monoisotopic (exact) mass is 594 g/mol. The number of hydrogen-bond donors (Lipinski definition) is 3. The number of nitrogens with two attached hydrogens (primary N) is 1. The number of hydrogen-bond acceptors (Lipinski definition) is 8. The maximum absolute atomic E-state index is 13.0. The van der Waals surface area contributed by atoms with E-state index in [1.807, 2.05) is 14.2 Å². The molecule has 5 heterocycles. The predicted molar refractivity (Wildman–Crippen MR) is 151 cm³/mol. The van der Waals surface area contributed by atoms with Gasteiger partial charge < -0.3 is 21.1 Å². The fourth-order valence-electron chi connectivity index (χ4n) is 5.91. The molecule has 0 spiro atoms. The number of pyridine rings is 1. The van der Waals surface area contributed by atoms with E-state index in [2.05, 4.69) is 15.3 Å². The zero-order valence-corrected chi connectivity index (χ0v) is 23.0. The van der Waals surface area contributed by atoms with E-state index in [9.17, 15) is 27.9 Å². The summed E-state index contributed by atoms with van der Waals surface area (Å²) in [5, 5.41) is 11.7. The summed E-state index contributed by atoms with van der Waals surface area (Å²) in [6, 6.07) is 8.17. The van der Waals surface area contributed by atoms with E-state index in [0.29, 0.717) is 29.9 Å². The number of piperidine rings is 1. The van der Waals surface area contributed by atoms with Crippen LogP contribution in [0.1, 0.15) is 40.5 Å². The molecular weight excluding hydrogens is 565 g/mol. The van der Waals surface area contributed by atoms with Crippen LogP contribution in [0.5, 0.6) is 0 Å². The number of benzene rings is 1. The van der Waals surface area contributed by atoms with E-state index in [1.165, 1.54) is 0 Å². The van der Waals surface area contributed by atoms with Gasteiger partial charge in [0, 0.05) is 61.3 Å². The fraction of sp³-hybridized carbons (Fsp3) is 0.345. The third-order valence-electron chi connectivity index (χ3n) is 8.00. The number of aromatic nitrogens is 4. The number of rotatable bonds is 6. The molecule has 0 radical (unpaired) electrons. The molecule has 4 aromatic rings. The van der Waals surface area contributed by atoms with Gasteiger partial charge in [-0.05, 0) is 37.1 Å². The van der Waals surface area contributed by atoms with Crippen LogP contribution in [0.4, 0.5) is 24.8 Å². The molecule has 2 atom stereocenters. The van der Waals surface area contributed by atoms with Crippen molar-refractivity contribution in [3.63, 3.8) is 0 Å². The third kappa shape index (κ3) is 5.62. The molecule has 2 aliphatic rings. The lowest BCUT2D eigenvalue weighted by Gasteiger charge is -2.45. The summed E-state index contributed by atoms with van der Waals surface area (Å²) in [7, 11) is 0. The summed E-state index contributed by atoms with van der Waals surface area (Å²) in [5.74, 6) is 0.186. The van der Waals surface area contributed by atoms with Gasteiger partial charge in [-0.15, -0.1) is 0 Å². The largest absolute Gasteiger partial charge is 0.416 e. The number of imidazole rings is 1. The highest BCUT2D eigenvalue weighted by Gasteiger charge is 2.39. The number of nitrogen functional groups attached to an aromatic ring is 1. The van der Waals surface area contributed by atoms with Gasteiger partial charge in [-0.1, -0.05) is 12.1 Å². The van der Waals surface area contributed by atoms with Crippen LogP contribution >= 0.6 is 0 Å². The van der Waals surface area contributed by atoms with Gasteiger partial charge in [-0.3, -0.25) is 18.9 Å². The van der Waals surface area contributed by atoms with Crippen molar-refractivity contribution in [2.75, 3.05) is 43.8 Å². The summed E-state index contributed by atoms with van der Waals surface area (Å²) >= 11 is 0. The molecule has 0 aliphatic carbocycles. The molecular formula is C29H29F3N8O3. The molecule has 2 fully saturated rings. The number of amides is 2. The topological polar surface area (TPSA) is 142 Å². The molecule has 0 saturated carbocycles. The Morgan fingerprint density at radius 2 is 1.88 bits per heavy atom. The molecule has 2 aliphatic heterocycles. The standard InChI is InChI=1S/C29H29F3N8O3/c30-29(31,32)20-7-8-34-22(13-20)36-28(43)18-3-1-17(2-4-18)24-25-26(33)35-9-10-39(25)27(37-24)19-5-6-21-15-38(11-12-41)16-23(42)40(21)14-19/h1-4,7-10,13,19,21,41H,5-6,11-12,14-16H2,(H2,33,35)(H,34,36,43)/t19?,21-/m0/s1. The highest BCUT2D eigenvalue weighted by Crippen LogP contribution is 2.36. The first kappa shape index (κ1) is 28.6. The molecule has 3 aromatic heterocycles. The van der Waals surface area contributed by atoms with E-state index in [4.69, 9.17) is 10.7 Å². The van der Waals surface area contributed by atoms with E-state index in [0.717, 1.165) is 43.5 Å². The number of alkyl halides is 3. The lowest BCUT2D eigenvalue weighted by Crippen LogP contribution is -2.59. The molecule has 224 valence electrons. The Morgan fingerprint density at radius 3 is 2.63 bits per heavy atom. The Balaban J connectivity index is 1.25. The first-order valence-corrected chi connectivity index (χ1v) is 13.8. The van der Waals surface area contributed by atoms with Crippen LogP contribution in [-0.2, 0) is 11.0 Å². The number of halogens is 3. The zero-order chi connectivity index (χ0) is 30.3. The smallest absolute Gasteiger partial charge is 0.395 e. The van der Waals surface area contributed by atoms with Crippen LogP contribution in [0, 0.1) is 0 Å². The second-order valence-electron chi connectivity index (χ2n) is 10.7. The summed E-state index contributed by atoms with van der Waals surface area (Å²) in [6.07, 6.45) is 1.42. The fourth-order valence-corrected chi connectivity index (χ4v) is 5.91. The number of nitrogens with zero attached hydrogens (tertiary/aromatic N) is 6. The molecule has 1 aromatic carbocycles. The van der Waals surface area contributed by atoms with Crippen molar-refractivity contribution in [2.24, 2.45) is 0 Å². The molecule has 1 unspecified atom stereocenters. The van der Waals surface area contributed by atoms with Gasteiger partial charge in [0.05, 0.1) is 18.7 Å². The minimum absolute atomic E-state index is 0.0135. The van der Waals surface area contributed by atoms with Gasteiger partial charge in [-0.25, -0.2) is 15.0 Å². The SMILES string of the molecule is Nc1nccn2c(C3CC[C@H]4CN(CCO)CC(=O)N4C3)nc(-c3ccc(C(=O)Nc4cc(C(F)(F)F)ccn4)cc3)c12. The highest BCUT2D eigenvalue weighted by molar-refractivity contribution is 6.04. The second kappa shape index (κ2) is 11.3. The number of carbonyl (C=O) groups is 2. The van der Waals surface area contributed by atoms with E-state index in [1.54, 1.807) is 36.7 Å². The van der Waals surface area contributed by atoms with Crippen molar-refractivity contribution in [3.8, 4) is 11.3 Å². The molecule has 0 bridgehead atoms. The van der Waals surface area contributed by atoms with E-state index >= 15 is 0 Å². The Labute approximate surface area is 244 Å². The Hall–Kier alpha value is -4.56. The van der Waals surface area contributed by atoms with Crippen molar-refractivity contribution in [1.82, 2.24) is 29.2 Å².